The third-order valence-corrected chi connectivity index (χ3v) is 5.41. The molecule has 4 aromatic rings. The second kappa shape index (κ2) is 7.30. The summed E-state index contributed by atoms with van der Waals surface area (Å²) in [6, 6.07) is 18.7. The Labute approximate surface area is 173 Å². The van der Waals surface area contributed by atoms with Crippen molar-refractivity contribution < 1.29 is 9.18 Å². The van der Waals surface area contributed by atoms with E-state index in [9.17, 15) is 9.18 Å². The number of amides is 1. The van der Waals surface area contributed by atoms with Crippen LogP contribution in [-0.2, 0) is 0 Å². The Bertz CT molecular complexity index is 1230. The van der Waals surface area contributed by atoms with Crippen molar-refractivity contribution in [2.75, 3.05) is 11.9 Å². The maximum absolute atomic E-state index is 14.6. The number of fused-ring (bicyclic) bond motifs is 1. The van der Waals surface area contributed by atoms with Crippen LogP contribution in [0.25, 0.3) is 22.3 Å². The van der Waals surface area contributed by atoms with E-state index in [0.29, 0.717) is 11.3 Å². The summed E-state index contributed by atoms with van der Waals surface area (Å²) in [5.74, 6) is -0.557. The van der Waals surface area contributed by atoms with Gasteiger partial charge in [-0.2, -0.15) is 0 Å². The Morgan fingerprint density at radius 2 is 1.93 bits per heavy atom. The highest BCUT2D eigenvalue weighted by molar-refractivity contribution is 5.96. The number of carbonyl (C=O) groups is 1. The molecule has 1 fully saturated rings. The third-order valence-electron chi connectivity index (χ3n) is 5.41. The Hall–Kier alpha value is -3.67. The number of aromatic amines is 1. The highest BCUT2D eigenvalue weighted by atomic mass is 19.1. The molecule has 0 spiro atoms. The molecule has 2 N–H and O–H groups in total. The van der Waals surface area contributed by atoms with Crippen LogP contribution < -0.4 is 10.2 Å². The van der Waals surface area contributed by atoms with Crippen LogP contribution in [0, 0.1) is 5.82 Å². The molecular formula is C24H21FN4O. The van der Waals surface area contributed by atoms with Crippen molar-refractivity contribution in [2.45, 2.75) is 18.9 Å². The van der Waals surface area contributed by atoms with Gasteiger partial charge in [0.1, 0.15) is 11.5 Å². The van der Waals surface area contributed by atoms with E-state index in [1.165, 1.54) is 12.1 Å². The summed E-state index contributed by atoms with van der Waals surface area (Å²) in [6.45, 7) is 0. The van der Waals surface area contributed by atoms with Gasteiger partial charge in [0, 0.05) is 29.7 Å². The molecular weight excluding hydrogens is 379 g/mol. The molecule has 0 radical (unpaired) electrons. The van der Waals surface area contributed by atoms with Crippen LogP contribution >= 0.6 is 0 Å². The largest absolute Gasteiger partial charge is 0.349 e. The molecule has 30 heavy (non-hydrogen) atoms. The zero-order valence-electron chi connectivity index (χ0n) is 16.5. The number of anilines is 2. The van der Waals surface area contributed by atoms with Crippen LogP contribution in [0.3, 0.4) is 0 Å². The number of carbonyl (C=O) groups excluding carboxylic acids is 1. The number of rotatable bonds is 5. The number of pyridine rings is 1. The number of aromatic nitrogens is 2. The molecule has 0 atom stereocenters. The molecule has 6 heteroatoms. The van der Waals surface area contributed by atoms with Crippen molar-refractivity contribution in [3.8, 4) is 11.3 Å². The van der Waals surface area contributed by atoms with Gasteiger partial charge in [-0.3, -0.25) is 4.79 Å². The minimum Gasteiger partial charge on any atom is -0.349 e. The zero-order valence-corrected chi connectivity index (χ0v) is 16.5. The first kappa shape index (κ1) is 18.4. The van der Waals surface area contributed by atoms with E-state index in [0.717, 1.165) is 40.8 Å². The molecule has 0 unspecified atom stereocenters. The fourth-order valence-electron chi connectivity index (χ4n) is 3.51. The molecule has 5 rings (SSSR count). The summed E-state index contributed by atoms with van der Waals surface area (Å²) in [7, 11) is 1.77. The van der Waals surface area contributed by atoms with E-state index in [1.807, 2.05) is 42.5 Å². The van der Waals surface area contributed by atoms with Crippen molar-refractivity contribution in [2.24, 2.45) is 0 Å². The minimum absolute atomic E-state index is 0.168. The predicted molar refractivity (Wildman–Crippen MR) is 116 cm³/mol. The monoisotopic (exact) mass is 400 g/mol. The molecule has 2 aromatic carbocycles. The number of nitrogens with zero attached hydrogens (tertiary/aromatic N) is 2. The van der Waals surface area contributed by atoms with E-state index in [4.69, 9.17) is 0 Å². The Morgan fingerprint density at radius 1 is 1.13 bits per heavy atom. The summed E-state index contributed by atoms with van der Waals surface area (Å²) >= 11 is 0. The number of nitrogens with one attached hydrogen (secondary N) is 2. The maximum Gasteiger partial charge on any atom is 0.251 e. The van der Waals surface area contributed by atoms with Gasteiger partial charge in [-0.1, -0.05) is 30.3 Å². The highest BCUT2D eigenvalue weighted by Gasteiger charge is 2.24. The van der Waals surface area contributed by atoms with Crippen LogP contribution in [0.2, 0.25) is 0 Å². The molecule has 1 aliphatic rings. The number of hydrogen-bond donors (Lipinski definition) is 2. The van der Waals surface area contributed by atoms with Gasteiger partial charge in [-0.05, 0) is 48.7 Å². The SMILES string of the molecule is CN(c1cnc2[nH]c(-c3ccccc3)cc2c1)c1cc(C(=O)NC2CC2)ccc1F. The lowest BCUT2D eigenvalue weighted by Gasteiger charge is -2.20. The lowest BCUT2D eigenvalue weighted by atomic mass is 10.1. The molecule has 0 bridgehead atoms. The molecule has 0 aliphatic heterocycles. The van der Waals surface area contributed by atoms with Gasteiger partial charge in [-0.25, -0.2) is 9.37 Å². The number of H-pyrrole nitrogens is 1. The van der Waals surface area contributed by atoms with Gasteiger partial charge in [0.2, 0.25) is 0 Å². The lowest BCUT2D eigenvalue weighted by molar-refractivity contribution is 0.0951. The van der Waals surface area contributed by atoms with Gasteiger partial charge in [-0.15, -0.1) is 0 Å². The molecule has 2 aromatic heterocycles. The quantitative estimate of drug-likeness (QED) is 0.494. The smallest absolute Gasteiger partial charge is 0.251 e. The fraction of sp³-hybridized carbons (Fsp3) is 0.167. The van der Waals surface area contributed by atoms with Crippen LogP contribution in [0.4, 0.5) is 15.8 Å². The van der Waals surface area contributed by atoms with Gasteiger partial charge in [0.25, 0.3) is 5.91 Å². The van der Waals surface area contributed by atoms with Crippen molar-refractivity contribution >= 4 is 28.3 Å². The Kier molecular flexibility index (Phi) is 4.47. The summed E-state index contributed by atoms with van der Waals surface area (Å²) in [4.78, 5) is 21.9. The van der Waals surface area contributed by atoms with Crippen LogP contribution in [0.1, 0.15) is 23.2 Å². The molecule has 0 saturated heterocycles. The molecule has 2 heterocycles. The topological polar surface area (TPSA) is 61.0 Å². The van der Waals surface area contributed by atoms with Crippen LogP contribution in [0.15, 0.2) is 66.9 Å². The zero-order chi connectivity index (χ0) is 20.7. The fourth-order valence-corrected chi connectivity index (χ4v) is 3.51. The number of hydrogen-bond acceptors (Lipinski definition) is 3. The molecule has 1 amide bonds. The van der Waals surface area contributed by atoms with E-state index in [1.54, 1.807) is 24.2 Å². The predicted octanol–water partition coefficient (Wildman–Crippen LogP) is 5.03. The van der Waals surface area contributed by atoms with Gasteiger partial charge in [0.15, 0.2) is 0 Å². The second-order valence-corrected chi connectivity index (χ2v) is 7.65. The minimum atomic E-state index is -0.389. The first-order chi connectivity index (χ1) is 14.6. The summed E-state index contributed by atoms with van der Waals surface area (Å²) in [5, 5.41) is 3.87. The Balaban J connectivity index is 1.46. The first-order valence-corrected chi connectivity index (χ1v) is 9.97. The number of benzene rings is 2. The van der Waals surface area contributed by atoms with Crippen LogP contribution in [-0.4, -0.2) is 29.0 Å². The van der Waals surface area contributed by atoms with E-state index in [-0.39, 0.29) is 17.8 Å². The second-order valence-electron chi connectivity index (χ2n) is 7.65. The van der Waals surface area contributed by atoms with E-state index >= 15 is 0 Å². The van der Waals surface area contributed by atoms with Crippen molar-refractivity contribution in [3.05, 3.63) is 78.2 Å². The average Bonchev–Trinajstić information content (AvgIpc) is 3.48. The van der Waals surface area contributed by atoms with Gasteiger partial charge in [0.05, 0.1) is 17.6 Å². The summed E-state index contributed by atoms with van der Waals surface area (Å²) < 4.78 is 14.6. The maximum atomic E-state index is 14.6. The van der Waals surface area contributed by atoms with Crippen molar-refractivity contribution in [1.82, 2.24) is 15.3 Å². The van der Waals surface area contributed by atoms with Crippen molar-refractivity contribution in [3.63, 3.8) is 0 Å². The lowest BCUT2D eigenvalue weighted by Crippen LogP contribution is -2.25. The summed E-state index contributed by atoms with van der Waals surface area (Å²) in [6.07, 6.45) is 3.71. The normalized spacial score (nSPS) is 13.4. The molecule has 1 saturated carbocycles. The standard InChI is InChI=1S/C24H21FN4O/c1-29(22-13-16(7-10-20(22)25)24(30)27-18-8-9-18)19-11-17-12-21(28-23(17)26-14-19)15-5-3-2-4-6-15/h2-7,10-14,18H,8-9H2,1H3,(H,26,28)(H,27,30). The first-order valence-electron chi connectivity index (χ1n) is 9.97. The van der Waals surface area contributed by atoms with Gasteiger partial charge < -0.3 is 15.2 Å². The average molecular weight is 400 g/mol. The van der Waals surface area contributed by atoms with Crippen molar-refractivity contribution in [1.29, 1.82) is 0 Å². The highest BCUT2D eigenvalue weighted by Crippen LogP contribution is 2.31. The number of halogens is 1. The van der Waals surface area contributed by atoms with Gasteiger partial charge >= 0.3 is 0 Å². The van der Waals surface area contributed by atoms with E-state index in [2.05, 4.69) is 15.3 Å². The Morgan fingerprint density at radius 3 is 2.70 bits per heavy atom. The molecule has 1 aliphatic carbocycles. The van der Waals surface area contributed by atoms with Crippen LogP contribution in [0.5, 0.6) is 0 Å². The summed E-state index contributed by atoms with van der Waals surface area (Å²) in [5.41, 5.74) is 4.34. The molecule has 5 nitrogen and oxygen atoms in total. The third kappa shape index (κ3) is 3.52. The van der Waals surface area contributed by atoms with E-state index < -0.39 is 0 Å². The molecule has 150 valence electrons.